The molecule has 9 heteroatoms. The Hall–Kier alpha value is -3.59. The summed E-state index contributed by atoms with van der Waals surface area (Å²) in [7, 11) is -0.880. The SMILES string of the molecule is COc1ccc(OC)c(CN(C(=O)c2cccc(NS(=O)(=O)c3ccc(C)c(F)c3)c2)C2CC2)c1. The molecule has 0 spiro atoms. The minimum atomic E-state index is -4.03. The van der Waals surface area contributed by atoms with Crippen molar-refractivity contribution in [1.29, 1.82) is 0 Å². The third-order valence-electron chi connectivity index (χ3n) is 5.89. The zero-order valence-electron chi connectivity index (χ0n) is 19.7. The van der Waals surface area contributed by atoms with Crippen molar-refractivity contribution in [3.8, 4) is 11.5 Å². The van der Waals surface area contributed by atoms with Crippen LogP contribution in [0.2, 0.25) is 0 Å². The first-order valence-electron chi connectivity index (χ1n) is 11.1. The lowest BCUT2D eigenvalue weighted by Crippen LogP contribution is -2.32. The van der Waals surface area contributed by atoms with E-state index < -0.39 is 15.8 Å². The van der Waals surface area contributed by atoms with Crippen LogP contribution >= 0.6 is 0 Å². The van der Waals surface area contributed by atoms with E-state index in [1.807, 2.05) is 6.07 Å². The molecule has 184 valence electrons. The monoisotopic (exact) mass is 498 g/mol. The maximum atomic E-state index is 13.9. The largest absolute Gasteiger partial charge is 0.497 e. The summed E-state index contributed by atoms with van der Waals surface area (Å²) >= 11 is 0. The quantitative estimate of drug-likeness (QED) is 0.460. The highest BCUT2D eigenvalue weighted by Gasteiger charge is 2.34. The van der Waals surface area contributed by atoms with Gasteiger partial charge in [-0.15, -0.1) is 0 Å². The number of hydrogen-bond acceptors (Lipinski definition) is 5. The van der Waals surface area contributed by atoms with Crippen LogP contribution in [0.1, 0.15) is 34.3 Å². The van der Waals surface area contributed by atoms with Gasteiger partial charge in [0.05, 0.1) is 25.7 Å². The summed E-state index contributed by atoms with van der Waals surface area (Å²) in [4.78, 5) is 15.1. The van der Waals surface area contributed by atoms with Gasteiger partial charge in [-0.05, 0) is 73.9 Å². The Morgan fingerprint density at radius 3 is 2.49 bits per heavy atom. The van der Waals surface area contributed by atoms with E-state index in [4.69, 9.17) is 9.47 Å². The lowest BCUT2D eigenvalue weighted by Gasteiger charge is -2.24. The van der Waals surface area contributed by atoms with Gasteiger partial charge in [0, 0.05) is 22.9 Å². The molecule has 7 nitrogen and oxygen atoms in total. The number of aryl methyl sites for hydroxylation is 1. The molecule has 1 saturated carbocycles. The minimum absolute atomic E-state index is 0.0919. The molecule has 0 unspecified atom stereocenters. The Morgan fingerprint density at radius 1 is 1.06 bits per heavy atom. The summed E-state index contributed by atoms with van der Waals surface area (Å²) in [6.07, 6.45) is 1.78. The molecular formula is C26H27FN2O5S. The van der Waals surface area contributed by atoms with E-state index in [1.165, 1.54) is 18.2 Å². The Morgan fingerprint density at radius 2 is 1.83 bits per heavy atom. The van der Waals surface area contributed by atoms with Crippen LogP contribution in [-0.4, -0.2) is 39.5 Å². The summed E-state index contributed by atoms with van der Waals surface area (Å²) < 4.78 is 52.7. The van der Waals surface area contributed by atoms with Gasteiger partial charge in [-0.3, -0.25) is 9.52 Å². The molecule has 1 fully saturated rings. The van der Waals surface area contributed by atoms with Crippen molar-refractivity contribution in [2.45, 2.75) is 37.2 Å². The van der Waals surface area contributed by atoms with Crippen LogP contribution < -0.4 is 14.2 Å². The molecule has 1 amide bonds. The molecule has 1 N–H and O–H groups in total. The fourth-order valence-corrected chi connectivity index (χ4v) is 4.84. The van der Waals surface area contributed by atoms with Gasteiger partial charge in [-0.2, -0.15) is 0 Å². The van der Waals surface area contributed by atoms with Crippen LogP contribution in [-0.2, 0) is 16.6 Å². The van der Waals surface area contributed by atoms with Crippen molar-refractivity contribution in [2.75, 3.05) is 18.9 Å². The van der Waals surface area contributed by atoms with E-state index in [0.29, 0.717) is 29.2 Å². The number of rotatable bonds is 9. The molecule has 1 aliphatic carbocycles. The van der Waals surface area contributed by atoms with Crippen LogP contribution in [0.3, 0.4) is 0 Å². The summed E-state index contributed by atoms with van der Waals surface area (Å²) in [5.74, 6) is 0.480. The van der Waals surface area contributed by atoms with Crippen molar-refractivity contribution in [2.24, 2.45) is 0 Å². The number of sulfonamides is 1. The first kappa shape index (κ1) is 24.5. The van der Waals surface area contributed by atoms with Crippen LogP contribution in [0.5, 0.6) is 11.5 Å². The third-order valence-corrected chi connectivity index (χ3v) is 7.27. The average molecular weight is 499 g/mol. The van der Waals surface area contributed by atoms with Crippen molar-refractivity contribution in [3.63, 3.8) is 0 Å². The summed E-state index contributed by atoms with van der Waals surface area (Å²) in [5, 5.41) is 0. The molecule has 0 bridgehead atoms. The number of hydrogen-bond donors (Lipinski definition) is 1. The zero-order valence-corrected chi connectivity index (χ0v) is 20.6. The zero-order chi connectivity index (χ0) is 25.2. The van der Waals surface area contributed by atoms with E-state index in [2.05, 4.69) is 4.72 Å². The highest BCUT2D eigenvalue weighted by atomic mass is 32.2. The van der Waals surface area contributed by atoms with Gasteiger partial charge in [0.2, 0.25) is 0 Å². The van der Waals surface area contributed by atoms with Crippen LogP contribution in [0.15, 0.2) is 65.6 Å². The van der Waals surface area contributed by atoms with E-state index in [0.717, 1.165) is 24.5 Å². The second-order valence-electron chi connectivity index (χ2n) is 8.44. The normalized spacial score (nSPS) is 13.3. The Labute approximate surface area is 204 Å². The van der Waals surface area contributed by atoms with Crippen LogP contribution in [0.4, 0.5) is 10.1 Å². The molecule has 0 saturated heterocycles. The maximum absolute atomic E-state index is 13.9. The summed E-state index contributed by atoms with van der Waals surface area (Å²) in [5.41, 5.74) is 1.72. The maximum Gasteiger partial charge on any atom is 0.261 e. The van der Waals surface area contributed by atoms with E-state index in [-0.39, 0.29) is 22.5 Å². The molecule has 0 atom stereocenters. The van der Waals surface area contributed by atoms with E-state index >= 15 is 0 Å². The Kier molecular flexibility index (Phi) is 6.98. The van der Waals surface area contributed by atoms with Crippen molar-refractivity contribution in [1.82, 2.24) is 4.90 Å². The molecule has 0 aromatic heterocycles. The lowest BCUT2D eigenvalue weighted by atomic mass is 10.1. The number of methoxy groups -OCH3 is 2. The molecule has 0 aliphatic heterocycles. The predicted octanol–water partition coefficient (Wildman–Crippen LogP) is 4.76. The van der Waals surface area contributed by atoms with Gasteiger partial charge in [0.1, 0.15) is 17.3 Å². The second kappa shape index (κ2) is 9.95. The number of carbonyl (C=O) groups is 1. The summed E-state index contributed by atoms with van der Waals surface area (Å²) in [6.45, 7) is 1.88. The van der Waals surface area contributed by atoms with Crippen LogP contribution in [0.25, 0.3) is 0 Å². The van der Waals surface area contributed by atoms with Crippen LogP contribution in [0, 0.1) is 12.7 Å². The van der Waals surface area contributed by atoms with Crippen molar-refractivity contribution >= 4 is 21.6 Å². The van der Waals surface area contributed by atoms with Gasteiger partial charge in [-0.25, -0.2) is 12.8 Å². The molecule has 3 aromatic carbocycles. The summed E-state index contributed by atoms with van der Waals surface area (Å²) in [6, 6.07) is 15.5. The van der Waals surface area contributed by atoms with Gasteiger partial charge in [0.25, 0.3) is 15.9 Å². The predicted molar refractivity (Wildman–Crippen MR) is 131 cm³/mol. The number of anilines is 1. The average Bonchev–Trinajstić information content (AvgIpc) is 3.68. The fraction of sp³-hybridized carbons (Fsp3) is 0.269. The molecule has 35 heavy (non-hydrogen) atoms. The highest BCUT2D eigenvalue weighted by Crippen LogP contribution is 2.33. The smallest absolute Gasteiger partial charge is 0.261 e. The number of benzene rings is 3. The number of halogens is 1. The van der Waals surface area contributed by atoms with Gasteiger partial charge in [-0.1, -0.05) is 12.1 Å². The van der Waals surface area contributed by atoms with Gasteiger partial charge >= 0.3 is 0 Å². The van der Waals surface area contributed by atoms with Gasteiger partial charge < -0.3 is 14.4 Å². The molecule has 0 radical (unpaired) electrons. The molecule has 3 aromatic rings. The molecule has 1 aliphatic rings. The topological polar surface area (TPSA) is 84.9 Å². The highest BCUT2D eigenvalue weighted by molar-refractivity contribution is 7.92. The third kappa shape index (κ3) is 5.57. The number of nitrogens with zero attached hydrogens (tertiary/aromatic N) is 1. The Balaban J connectivity index is 1.58. The number of ether oxygens (including phenoxy) is 2. The lowest BCUT2D eigenvalue weighted by molar-refractivity contribution is 0.0728. The first-order valence-corrected chi connectivity index (χ1v) is 12.6. The van der Waals surface area contributed by atoms with Crippen molar-refractivity contribution in [3.05, 3.63) is 83.2 Å². The fourth-order valence-electron chi connectivity index (χ4n) is 3.78. The second-order valence-corrected chi connectivity index (χ2v) is 10.1. The van der Waals surface area contributed by atoms with E-state index in [1.54, 1.807) is 56.4 Å². The number of amides is 1. The van der Waals surface area contributed by atoms with Gasteiger partial charge in [0.15, 0.2) is 0 Å². The Bertz CT molecular complexity index is 1360. The standard InChI is InChI=1S/C26H27FN2O5S/c1-17-7-11-23(15-24(17)27)35(31,32)28-20-6-4-5-18(13-20)26(30)29(21-8-9-21)16-19-14-22(33-2)10-12-25(19)34-3/h4-7,10-15,21,28H,8-9,16H2,1-3H3. The first-order chi connectivity index (χ1) is 16.7. The van der Waals surface area contributed by atoms with E-state index in [9.17, 15) is 17.6 Å². The molecule has 4 rings (SSSR count). The minimum Gasteiger partial charge on any atom is -0.497 e. The molecular weight excluding hydrogens is 471 g/mol. The number of nitrogens with one attached hydrogen (secondary N) is 1. The number of carbonyl (C=O) groups excluding carboxylic acids is 1. The molecule has 0 heterocycles. The van der Waals surface area contributed by atoms with Crippen molar-refractivity contribution < 1.29 is 27.1 Å².